The van der Waals surface area contributed by atoms with Gasteiger partial charge in [-0.15, -0.1) is 0 Å². The van der Waals surface area contributed by atoms with Crippen LogP contribution in [0, 0.1) is 5.82 Å². The zero-order valence-electron chi connectivity index (χ0n) is 9.80. The van der Waals surface area contributed by atoms with Crippen LogP contribution in [0.4, 0.5) is 4.39 Å². The van der Waals surface area contributed by atoms with E-state index in [-0.39, 0.29) is 5.82 Å². The fourth-order valence-electron chi connectivity index (χ4n) is 2.07. The van der Waals surface area contributed by atoms with E-state index in [4.69, 9.17) is 16.3 Å². The van der Waals surface area contributed by atoms with Crippen LogP contribution in [0.2, 0.25) is 5.02 Å². The summed E-state index contributed by atoms with van der Waals surface area (Å²) in [6, 6.07) is 2.77. The lowest BCUT2D eigenvalue weighted by atomic mass is 10.1. The number of benzene rings is 1. The second kappa shape index (κ2) is 5.67. The van der Waals surface area contributed by atoms with E-state index >= 15 is 0 Å². The molecule has 1 fully saturated rings. The SMILES string of the molecule is COc1c(Cl)cc(F)cc1CN1CCNCC1. The molecular weight excluding hydrogens is 243 g/mol. The maximum absolute atomic E-state index is 13.3. The molecule has 0 bridgehead atoms. The van der Waals surface area contributed by atoms with Gasteiger partial charge in [-0.2, -0.15) is 0 Å². The summed E-state index contributed by atoms with van der Waals surface area (Å²) in [5.74, 6) is 0.257. The molecule has 1 aliphatic heterocycles. The van der Waals surface area contributed by atoms with Crippen LogP contribution < -0.4 is 10.1 Å². The van der Waals surface area contributed by atoms with E-state index in [2.05, 4.69) is 10.2 Å². The molecule has 5 heteroatoms. The zero-order valence-corrected chi connectivity index (χ0v) is 10.6. The minimum atomic E-state index is -0.319. The molecule has 1 aliphatic rings. The molecule has 3 nitrogen and oxygen atoms in total. The monoisotopic (exact) mass is 258 g/mol. The summed E-state index contributed by atoms with van der Waals surface area (Å²) >= 11 is 5.96. The van der Waals surface area contributed by atoms with E-state index in [9.17, 15) is 4.39 Å². The molecular formula is C12H16ClFN2O. The van der Waals surface area contributed by atoms with Crippen LogP contribution in [-0.4, -0.2) is 38.2 Å². The van der Waals surface area contributed by atoms with Crippen LogP contribution in [0.25, 0.3) is 0 Å². The van der Waals surface area contributed by atoms with E-state index in [1.807, 2.05) is 0 Å². The number of nitrogens with zero attached hydrogens (tertiary/aromatic N) is 1. The second-order valence-corrected chi connectivity index (χ2v) is 4.51. The molecule has 0 atom stereocenters. The van der Waals surface area contributed by atoms with Gasteiger partial charge in [0.2, 0.25) is 0 Å². The lowest BCUT2D eigenvalue weighted by molar-refractivity contribution is 0.230. The quantitative estimate of drug-likeness (QED) is 0.896. The summed E-state index contributed by atoms with van der Waals surface area (Å²) in [7, 11) is 1.56. The maximum Gasteiger partial charge on any atom is 0.142 e. The largest absolute Gasteiger partial charge is 0.495 e. The number of hydrogen-bond acceptors (Lipinski definition) is 3. The topological polar surface area (TPSA) is 24.5 Å². The van der Waals surface area contributed by atoms with Gasteiger partial charge in [0.25, 0.3) is 0 Å². The first kappa shape index (κ1) is 12.6. The molecule has 0 spiro atoms. The second-order valence-electron chi connectivity index (χ2n) is 4.11. The predicted molar refractivity (Wildman–Crippen MR) is 66.1 cm³/mol. The normalized spacial score (nSPS) is 17.1. The van der Waals surface area contributed by atoms with E-state index < -0.39 is 0 Å². The first-order valence-electron chi connectivity index (χ1n) is 5.65. The number of nitrogens with one attached hydrogen (secondary N) is 1. The first-order chi connectivity index (χ1) is 8.20. The Bertz CT molecular complexity index is 394. The van der Waals surface area contributed by atoms with Crippen molar-refractivity contribution in [1.82, 2.24) is 10.2 Å². The van der Waals surface area contributed by atoms with Gasteiger partial charge in [0.05, 0.1) is 12.1 Å². The van der Waals surface area contributed by atoms with Gasteiger partial charge in [0.1, 0.15) is 11.6 Å². The fourth-order valence-corrected chi connectivity index (χ4v) is 2.37. The molecule has 17 heavy (non-hydrogen) atoms. The van der Waals surface area contributed by atoms with Gasteiger partial charge in [0.15, 0.2) is 0 Å². The Hall–Kier alpha value is -0.840. The van der Waals surface area contributed by atoms with E-state index in [1.54, 1.807) is 7.11 Å². The minimum Gasteiger partial charge on any atom is -0.495 e. The van der Waals surface area contributed by atoms with Gasteiger partial charge in [0, 0.05) is 38.3 Å². The third-order valence-electron chi connectivity index (χ3n) is 2.89. The summed E-state index contributed by atoms with van der Waals surface area (Å²) in [6.45, 7) is 4.51. The lowest BCUT2D eigenvalue weighted by Gasteiger charge is -2.27. The molecule has 1 aromatic carbocycles. The van der Waals surface area contributed by atoms with Gasteiger partial charge < -0.3 is 10.1 Å². The van der Waals surface area contributed by atoms with Crippen molar-refractivity contribution in [3.05, 3.63) is 28.5 Å². The standard InChI is InChI=1S/C12H16ClFN2O/c1-17-12-9(6-10(14)7-11(12)13)8-16-4-2-15-3-5-16/h6-7,15H,2-5,8H2,1H3. The zero-order chi connectivity index (χ0) is 12.3. The summed E-state index contributed by atoms with van der Waals surface area (Å²) in [5, 5.41) is 3.61. The van der Waals surface area contributed by atoms with Crippen molar-refractivity contribution in [2.24, 2.45) is 0 Å². The Morgan fingerprint density at radius 3 is 2.76 bits per heavy atom. The Balaban J connectivity index is 2.18. The third-order valence-corrected chi connectivity index (χ3v) is 3.17. The molecule has 94 valence electrons. The van der Waals surface area contributed by atoms with Crippen LogP contribution in [0.5, 0.6) is 5.75 Å². The molecule has 0 unspecified atom stereocenters. The van der Waals surface area contributed by atoms with Gasteiger partial charge in [-0.25, -0.2) is 4.39 Å². The van der Waals surface area contributed by atoms with Crippen LogP contribution in [0.15, 0.2) is 12.1 Å². The molecule has 2 rings (SSSR count). The number of hydrogen-bond donors (Lipinski definition) is 1. The predicted octanol–water partition coefficient (Wildman–Crippen LogP) is 1.89. The summed E-state index contributed by atoms with van der Waals surface area (Å²) in [4.78, 5) is 2.25. The summed E-state index contributed by atoms with van der Waals surface area (Å²) < 4.78 is 18.6. The van der Waals surface area contributed by atoms with Crippen molar-refractivity contribution in [3.8, 4) is 5.75 Å². The molecule has 0 aromatic heterocycles. The Kier molecular flexibility index (Phi) is 4.20. The van der Waals surface area contributed by atoms with Crippen molar-refractivity contribution in [2.75, 3.05) is 33.3 Å². The summed E-state index contributed by atoms with van der Waals surface area (Å²) in [6.07, 6.45) is 0. The molecule has 0 aliphatic carbocycles. The number of piperazine rings is 1. The third kappa shape index (κ3) is 3.09. The van der Waals surface area contributed by atoms with E-state index in [0.717, 1.165) is 31.7 Å². The van der Waals surface area contributed by atoms with Gasteiger partial charge in [-0.1, -0.05) is 11.6 Å². The summed E-state index contributed by atoms with van der Waals surface area (Å²) in [5.41, 5.74) is 0.805. The van der Waals surface area contributed by atoms with Gasteiger partial charge in [-0.05, 0) is 12.1 Å². The highest BCUT2D eigenvalue weighted by molar-refractivity contribution is 6.32. The Morgan fingerprint density at radius 2 is 2.12 bits per heavy atom. The van der Waals surface area contributed by atoms with Crippen LogP contribution in [0.1, 0.15) is 5.56 Å². The first-order valence-corrected chi connectivity index (χ1v) is 6.03. The molecule has 0 saturated carbocycles. The van der Waals surface area contributed by atoms with Crippen molar-refractivity contribution < 1.29 is 9.13 Å². The molecule has 0 radical (unpaired) electrons. The van der Waals surface area contributed by atoms with Crippen LogP contribution in [-0.2, 0) is 6.54 Å². The smallest absolute Gasteiger partial charge is 0.142 e. The number of methoxy groups -OCH3 is 1. The molecule has 0 amide bonds. The van der Waals surface area contributed by atoms with Crippen LogP contribution in [0.3, 0.4) is 0 Å². The number of rotatable bonds is 3. The lowest BCUT2D eigenvalue weighted by Crippen LogP contribution is -2.42. The van der Waals surface area contributed by atoms with Crippen molar-refractivity contribution in [2.45, 2.75) is 6.54 Å². The molecule has 1 N–H and O–H groups in total. The Labute approximate surface area is 106 Å². The minimum absolute atomic E-state index is 0.319. The van der Waals surface area contributed by atoms with E-state index in [1.165, 1.54) is 12.1 Å². The highest BCUT2D eigenvalue weighted by atomic mass is 35.5. The van der Waals surface area contributed by atoms with Gasteiger partial charge >= 0.3 is 0 Å². The van der Waals surface area contributed by atoms with Crippen molar-refractivity contribution >= 4 is 11.6 Å². The molecule has 1 aromatic rings. The van der Waals surface area contributed by atoms with Crippen LogP contribution >= 0.6 is 11.6 Å². The Morgan fingerprint density at radius 1 is 1.41 bits per heavy atom. The number of ether oxygens (including phenoxy) is 1. The maximum atomic E-state index is 13.3. The van der Waals surface area contributed by atoms with Crippen molar-refractivity contribution in [3.63, 3.8) is 0 Å². The fraction of sp³-hybridized carbons (Fsp3) is 0.500. The number of halogens is 2. The highest BCUT2D eigenvalue weighted by Gasteiger charge is 2.15. The molecule has 1 saturated heterocycles. The van der Waals surface area contributed by atoms with Gasteiger partial charge in [-0.3, -0.25) is 4.90 Å². The average molecular weight is 259 g/mol. The van der Waals surface area contributed by atoms with E-state index in [0.29, 0.717) is 17.3 Å². The van der Waals surface area contributed by atoms with Crippen molar-refractivity contribution in [1.29, 1.82) is 0 Å². The highest BCUT2D eigenvalue weighted by Crippen LogP contribution is 2.30. The average Bonchev–Trinajstić information content (AvgIpc) is 2.30. The molecule has 1 heterocycles.